The van der Waals surface area contributed by atoms with Crippen LogP contribution in [0.4, 0.5) is 11.4 Å². The van der Waals surface area contributed by atoms with Crippen molar-refractivity contribution >= 4 is 27.4 Å². The van der Waals surface area contributed by atoms with Gasteiger partial charge in [-0.2, -0.15) is 0 Å². The second-order valence-electron chi connectivity index (χ2n) is 4.11. The van der Waals surface area contributed by atoms with Crippen molar-refractivity contribution in [3.05, 3.63) is 48.0 Å². The first-order valence-corrected chi connectivity index (χ1v) is 7.11. The lowest BCUT2D eigenvalue weighted by atomic mass is 10.2. The van der Waals surface area contributed by atoms with Crippen LogP contribution in [0.3, 0.4) is 0 Å². The van der Waals surface area contributed by atoms with E-state index in [-0.39, 0.29) is 15.4 Å². The number of nitrogens with zero attached hydrogens (tertiary/aromatic N) is 1. The van der Waals surface area contributed by atoms with E-state index >= 15 is 0 Å². The standard InChI is InChI=1S/C13H13N3O3S/c14-10-1-4-12(5-2-10)20(18,19)13-6-3-11(15)7-9(13)8-16-17/h1-8,17H,14-15H2/b16-8+. The minimum atomic E-state index is -3.74. The Morgan fingerprint density at radius 1 is 1.00 bits per heavy atom. The molecule has 0 aliphatic rings. The lowest BCUT2D eigenvalue weighted by Crippen LogP contribution is -2.06. The second kappa shape index (κ2) is 5.22. The molecule has 20 heavy (non-hydrogen) atoms. The molecule has 0 saturated heterocycles. The maximum Gasteiger partial charge on any atom is 0.207 e. The molecular weight excluding hydrogens is 278 g/mol. The van der Waals surface area contributed by atoms with Crippen molar-refractivity contribution in [2.75, 3.05) is 11.5 Å². The topological polar surface area (TPSA) is 119 Å². The molecule has 0 aromatic heterocycles. The van der Waals surface area contributed by atoms with Crippen LogP contribution < -0.4 is 11.5 Å². The third-order valence-electron chi connectivity index (χ3n) is 2.71. The van der Waals surface area contributed by atoms with Gasteiger partial charge >= 0.3 is 0 Å². The van der Waals surface area contributed by atoms with Gasteiger partial charge in [-0.05, 0) is 42.5 Å². The lowest BCUT2D eigenvalue weighted by Gasteiger charge is -2.08. The van der Waals surface area contributed by atoms with Gasteiger partial charge in [0, 0.05) is 16.9 Å². The Kier molecular flexibility index (Phi) is 3.62. The van der Waals surface area contributed by atoms with Crippen molar-refractivity contribution in [3.63, 3.8) is 0 Å². The van der Waals surface area contributed by atoms with Gasteiger partial charge in [-0.25, -0.2) is 8.42 Å². The van der Waals surface area contributed by atoms with Gasteiger partial charge in [-0.3, -0.25) is 0 Å². The number of sulfone groups is 1. The first-order chi connectivity index (χ1) is 9.45. The van der Waals surface area contributed by atoms with Crippen LogP contribution in [0.1, 0.15) is 5.56 Å². The predicted molar refractivity (Wildman–Crippen MR) is 76.5 cm³/mol. The molecule has 0 amide bonds. The minimum absolute atomic E-state index is 0.00858. The number of rotatable bonds is 3. The predicted octanol–water partition coefficient (Wildman–Crippen LogP) is 1.49. The second-order valence-corrected chi connectivity index (χ2v) is 6.03. The summed E-state index contributed by atoms with van der Waals surface area (Å²) in [5, 5.41) is 11.5. The fourth-order valence-corrected chi connectivity index (χ4v) is 3.17. The molecule has 0 fully saturated rings. The van der Waals surface area contributed by atoms with Crippen LogP contribution in [0.15, 0.2) is 57.4 Å². The van der Waals surface area contributed by atoms with Crippen LogP contribution in [0.2, 0.25) is 0 Å². The highest BCUT2D eigenvalue weighted by atomic mass is 32.2. The van der Waals surface area contributed by atoms with Crippen LogP contribution in [0.5, 0.6) is 0 Å². The number of anilines is 2. The minimum Gasteiger partial charge on any atom is -0.411 e. The quantitative estimate of drug-likeness (QED) is 0.342. The first kappa shape index (κ1) is 13.9. The Bertz CT molecular complexity index is 753. The molecule has 2 aromatic rings. The Balaban J connectivity index is 2.63. The van der Waals surface area contributed by atoms with E-state index in [2.05, 4.69) is 5.16 Å². The van der Waals surface area contributed by atoms with E-state index in [1.165, 1.54) is 42.5 Å². The van der Waals surface area contributed by atoms with Crippen LogP contribution in [0, 0.1) is 0 Å². The zero-order valence-corrected chi connectivity index (χ0v) is 11.2. The van der Waals surface area contributed by atoms with E-state index in [9.17, 15) is 8.42 Å². The molecular formula is C13H13N3O3S. The van der Waals surface area contributed by atoms with Crippen molar-refractivity contribution in [3.8, 4) is 0 Å². The molecule has 2 rings (SSSR count). The van der Waals surface area contributed by atoms with Crippen LogP contribution in [-0.4, -0.2) is 19.8 Å². The van der Waals surface area contributed by atoms with Crippen molar-refractivity contribution in [2.45, 2.75) is 9.79 Å². The number of hydrogen-bond acceptors (Lipinski definition) is 6. The summed E-state index contributed by atoms with van der Waals surface area (Å²) in [6, 6.07) is 10.1. The average Bonchev–Trinajstić information content (AvgIpc) is 2.39. The van der Waals surface area contributed by atoms with E-state index in [1.54, 1.807) is 0 Å². The maximum absolute atomic E-state index is 12.5. The summed E-state index contributed by atoms with van der Waals surface area (Å²) in [7, 11) is -3.74. The third-order valence-corrected chi connectivity index (χ3v) is 4.55. The van der Waals surface area contributed by atoms with Gasteiger partial charge in [0.05, 0.1) is 16.0 Å². The van der Waals surface area contributed by atoms with Crippen LogP contribution in [-0.2, 0) is 9.84 Å². The molecule has 0 aliphatic carbocycles. The van der Waals surface area contributed by atoms with Crippen LogP contribution in [0.25, 0.3) is 0 Å². The van der Waals surface area contributed by atoms with Gasteiger partial charge in [0.2, 0.25) is 9.84 Å². The number of nitrogens with two attached hydrogens (primary N) is 2. The van der Waals surface area contributed by atoms with Crippen molar-refractivity contribution < 1.29 is 13.6 Å². The van der Waals surface area contributed by atoms with E-state index in [0.29, 0.717) is 11.4 Å². The Morgan fingerprint density at radius 2 is 1.60 bits per heavy atom. The van der Waals surface area contributed by atoms with Gasteiger partial charge in [0.25, 0.3) is 0 Å². The maximum atomic E-state index is 12.5. The van der Waals surface area contributed by atoms with Gasteiger partial charge in [-0.1, -0.05) is 5.16 Å². The molecule has 6 nitrogen and oxygen atoms in total. The average molecular weight is 291 g/mol. The van der Waals surface area contributed by atoms with Crippen LogP contribution >= 0.6 is 0 Å². The van der Waals surface area contributed by atoms with Gasteiger partial charge in [0.15, 0.2) is 0 Å². The highest BCUT2D eigenvalue weighted by Gasteiger charge is 2.20. The van der Waals surface area contributed by atoms with Crippen molar-refractivity contribution in [1.82, 2.24) is 0 Å². The fraction of sp³-hybridized carbons (Fsp3) is 0. The highest BCUT2D eigenvalue weighted by Crippen LogP contribution is 2.25. The fourth-order valence-electron chi connectivity index (χ4n) is 1.75. The van der Waals surface area contributed by atoms with Gasteiger partial charge in [-0.15, -0.1) is 0 Å². The van der Waals surface area contributed by atoms with E-state index in [1.807, 2.05) is 0 Å². The summed E-state index contributed by atoms with van der Waals surface area (Å²) in [6.45, 7) is 0. The Hall–Kier alpha value is -2.54. The summed E-state index contributed by atoms with van der Waals surface area (Å²) < 4.78 is 25.1. The Labute approximate surface area is 116 Å². The largest absolute Gasteiger partial charge is 0.411 e. The summed E-state index contributed by atoms with van der Waals surface area (Å²) in [6.07, 6.45) is 1.03. The highest BCUT2D eigenvalue weighted by molar-refractivity contribution is 7.91. The summed E-state index contributed by atoms with van der Waals surface area (Å²) in [5.41, 5.74) is 12.2. The van der Waals surface area contributed by atoms with E-state index in [4.69, 9.17) is 16.7 Å². The van der Waals surface area contributed by atoms with E-state index < -0.39 is 9.84 Å². The molecule has 5 N–H and O–H groups in total. The first-order valence-electron chi connectivity index (χ1n) is 5.63. The lowest BCUT2D eigenvalue weighted by molar-refractivity contribution is 0.322. The SMILES string of the molecule is Nc1ccc(S(=O)(=O)c2ccc(N)cc2/C=N/O)cc1. The molecule has 0 heterocycles. The number of oxime groups is 1. The summed E-state index contributed by atoms with van der Waals surface area (Å²) in [5.74, 6) is 0. The molecule has 0 radical (unpaired) electrons. The molecule has 0 unspecified atom stereocenters. The molecule has 0 spiro atoms. The number of nitrogen functional groups attached to an aromatic ring is 2. The normalized spacial score (nSPS) is 11.8. The molecule has 0 atom stereocenters. The number of hydrogen-bond donors (Lipinski definition) is 3. The summed E-state index contributed by atoms with van der Waals surface area (Å²) in [4.78, 5) is 0.110. The molecule has 7 heteroatoms. The van der Waals surface area contributed by atoms with E-state index in [0.717, 1.165) is 6.21 Å². The van der Waals surface area contributed by atoms with Gasteiger partial charge < -0.3 is 16.7 Å². The zero-order chi connectivity index (χ0) is 14.8. The molecule has 0 saturated carbocycles. The third kappa shape index (κ3) is 2.57. The van der Waals surface area contributed by atoms with Gasteiger partial charge in [0.1, 0.15) is 0 Å². The Morgan fingerprint density at radius 3 is 2.20 bits per heavy atom. The molecule has 0 bridgehead atoms. The molecule has 2 aromatic carbocycles. The monoisotopic (exact) mass is 291 g/mol. The van der Waals surface area contributed by atoms with Crippen molar-refractivity contribution in [1.29, 1.82) is 0 Å². The van der Waals surface area contributed by atoms with Crippen molar-refractivity contribution in [2.24, 2.45) is 5.16 Å². The zero-order valence-electron chi connectivity index (χ0n) is 10.4. The number of benzene rings is 2. The molecule has 104 valence electrons. The summed E-state index contributed by atoms with van der Waals surface area (Å²) >= 11 is 0. The molecule has 0 aliphatic heterocycles. The smallest absolute Gasteiger partial charge is 0.207 e.